The standard InChI is InChI=1S/C7H10O6/c1-3-12-7(11)5(6(9)10)13-4(2)8/h5H,3H2,1-2H3,(H,9,10)/t5-/m1/s1. The Morgan fingerprint density at radius 3 is 2.23 bits per heavy atom. The minimum atomic E-state index is -1.86. The van der Waals surface area contributed by atoms with Crippen molar-refractivity contribution in [2.75, 3.05) is 6.61 Å². The van der Waals surface area contributed by atoms with Gasteiger partial charge in [-0.05, 0) is 6.92 Å². The van der Waals surface area contributed by atoms with E-state index in [-0.39, 0.29) is 6.61 Å². The minimum Gasteiger partial charge on any atom is -0.478 e. The molecule has 0 aliphatic carbocycles. The zero-order chi connectivity index (χ0) is 10.4. The largest absolute Gasteiger partial charge is 0.478 e. The van der Waals surface area contributed by atoms with Crippen LogP contribution in [0.3, 0.4) is 0 Å². The van der Waals surface area contributed by atoms with E-state index in [1.807, 2.05) is 0 Å². The Labute approximate surface area is 74.4 Å². The van der Waals surface area contributed by atoms with Crippen molar-refractivity contribution in [1.82, 2.24) is 0 Å². The third-order valence-electron chi connectivity index (χ3n) is 1.01. The Kier molecular flexibility index (Phi) is 4.50. The maximum absolute atomic E-state index is 10.8. The summed E-state index contributed by atoms with van der Waals surface area (Å²) in [5, 5.41) is 8.44. The molecular formula is C7H10O6. The van der Waals surface area contributed by atoms with Crippen LogP contribution >= 0.6 is 0 Å². The van der Waals surface area contributed by atoms with Crippen LogP contribution in [0.4, 0.5) is 0 Å². The van der Waals surface area contributed by atoms with Crippen LogP contribution in [-0.4, -0.2) is 35.7 Å². The molecule has 0 spiro atoms. The summed E-state index contributed by atoms with van der Waals surface area (Å²) in [5.74, 6) is -3.47. The molecule has 0 saturated heterocycles. The molecule has 0 aromatic carbocycles. The lowest BCUT2D eigenvalue weighted by molar-refractivity contribution is -0.176. The van der Waals surface area contributed by atoms with E-state index in [0.29, 0.717) is 0 Å². The van der Waals surface area contributed by atoms with Crippen molar-refractivity contribution in [2.24, 2.45) is 0 Å². The van der Waals surface area contributed by atoms with Crippen molar-refractivity contribution >= 4 is 17.9 Å². The zero-order valence-corrected chi connectivity index (χ0v) is 7.27. The molecule has 0 unspecified atom stereocenters. The first-order valence-electron chi connectivity index (χ1n) is 3.55. The lowest BCUT2D eigenvalue weighted by Gasteiger charge is -2.10. The second-order valence-corrected chi connectivity index (χ2v) is 2.08. The molecule has 1 atom stereocenters. The Balaban J connectivity index is 4.32. The number of carbonyl (C=O) groups is 3. The van der Waals surface area contributed by atoms with Gasteiger partial charge < -0.3 is 14.6 Å². The van der Waals surface area contributed by atoms with Crippen molar-refractivity contribution in [3.8, 4) is 0 Å². The second kappa shape index (κ2) is 5.13. The molecule has 6 heteroatoms. The predicted molar refractivity (Wildman–Crippen MR) is 39.8 cm³/mol. The van der Waals surface area contributed by atoms with E-state index in [1.165, 1.54) is 6.92 Å². The van der Waals surface area contributed by atoms with E-state index in [4.69, 9.17) is 5.11 Å². The topological polar surface area (TPSA) is 89.9 Å². The molecular weight excluding hydrogens is 180 g/mol. The molecule has 0 aliphatic rings. The van der Waals surface area contributed by atoms with Gasteiger partial charge >= 0.3 is 17.9 Å². The van der Waals surface area contributed by atoms with Crippen LogP contribution < -0.4 is 0 Å². The third-order valence-corrected chi connectivity index (χ3v) is 1.01. The van der Waals surface area contributed by atoms with Crippen LogP contribution in [0.1, 0.15) is 13.8 Å². The quantitative estimate of drug-likeness (QED) is 0.477. The highest BCUT2D eigenvalue weighted by Gasteiger charge is 2.30. The molecule has 0 bridgehead atoms. The molecule has 0 saturated carbocycles. The number of carboxylic acid groups (broad SMARTS) is 1. The third kappa shape index (κ3) is 4.09. The van der Waals surface area contributed by atoms with Gasteiger partial charge in [0.1, 0.15) is 0 Å². The smallest absolute Gasteiger partial charge is 0.359 e. The van der Waals surface area contributed by atoms with Gasteiger partial charge in [-0.2, -0.15) is 0 Å². The van der Waals surface area contributed by atoms with Crippen molar-refractivity contribution in [3.05, 3.63) is 0 Å². The van der Waals surface area contributed by atoms with Gasteiger partial charge in [-0.3, -0.25) is 4.79 Å². The summed E-state index contributed by atoms with van der Waals surface area (Å²) in [6.45, 7) is 2.56. The molecule has 0 rings (SSSR count). The first-order valence-corrected chi connectivity index (χ1v) is 3.55. The number of ether oxygens (including phenoxy) is 2. The maximum atomic E-state index is 10.8. The highest BCUT2D eigenvalue weighted by Crippen LogP contribution is 1.97. The molecule has 0 aromatic rings. The minimum absolute atomic E-state index is 0.0316. The molecule has 0 aromatic heterocycles. The highest BCUT2D eigenvalue weighted by molar-refractivity contribution is 5.98. The van der Waals surface area contributed by atoms with E-state index in [2.05, 4.69) is 9.47 Å². The Morgan fingerprint density at radius 2 is 1.92 bits per heavy atom. The molecule has 0 radical (unpaired) electrons. The number of hydrogen-bond donors (Lipinski definition) is 1. The summed E-state index contributed by atoms with van der Waals surface area (Å²) in [7, 11) is 0. The Bertz CT molecular complexity index is 221. The normalized spacial score (nSPS) is 11.5. The van der Waals surface area contributed by atoms with E-state index in [0.717, 1.165) is 6.92 Å². The molecule has 1 N–H and O–H groups in total. The first-order chi connectivity index (χ1) is 5.99. The van der Waals surface area contributed by atoms with Gasteiger partial charge in [0.2, 0.25) is 0 Å². The highest BCUT2D eigenvalue weighted by atomic mass is 16.6. The van der Waals surface area contributed by atoms with E-state index < -0.39 is 24.0 Å². The van der Waals surface area contributed by atoms with Crippen LogP contribution in [0.15, 0.2) is 0 Å². The summed E-state index contributed by atoms with van der Waals surface area (Å²) in [6.07, 6.45) is -1.86. The summed E-state index contributed by atoms with van der Waals surface area (Å²) in [4.78, 5) is 31.6. The summed E-state index contributed by atoms with van der Waals surface area (Å²) < 4.78 is 8.58. The molecule has 6 nitrogen and oxygen atoms in total. The Hall–Kier alpha value is -1.59. The molecule has 13 heavy (non-hydrogen) atoms. The average molecular weight is 190 g/mol. The van der Waals surface area contributed by atoms with Crippen LogP contribution in [0.25, 0.3) is 0 Å². The van der Waals surface area contributed by atoms with Gasteiger partial charge in [0.25, 0.3) is 6.10 Å². The monoisotopic (exact) mass is 190 g/mol. The van der Waals surface area contributed by atoms with Crippen LogP contribution in [-0.2, 0) is 23.9 Å². The van der Waals surface area contributed by atoms with E-state index in [1.54, 1.807) is 0 Å². The van der Waals surface area contributed by atoms with Gasteiger partial charge in [0.05, 0.1) is 6.61 Å². The lowest BCUT2D eigenvalue weighted by atomic mass is 10.3. The van der Waals surface area contributed by atoms with Crippen molar-refractivity contribution in [2.45, 2.75) is 20.0 Å². The van der Waals surface area contributed by atoms with E-state index >= 15 is 0 Å². The molecule has 0 fully saturated rings. The van der Waals surface area contributed by atoms with Crippen molar-refractivity contribution in [1.29, 1.82) is 0 Å². The fourth-order valence-electron chi connectivity index (χ4n) is 0.583. The SMILES string of the molecule is CCOC(=O)[C@H](OC(C)=O)C(=O)O. The van der Waals surface area contributed by atoms with Gasteiger partial charge in [-0.15, -0.1) is 0 Å². The summed E-state index contributed by atoms with van der Waals surface area (Å²) in [6, 6.07) is 0. The maximum Gasteiger partial charge on any atom is 0.359 e. The van der Waals surface area contributed by atoms with Crippen LogP contribution in [0, 0.1) is 0 Å². The van der Waals surface area contributed by atoms with Gasteiger partial charge in [0.15, 0.2) is 0 Å². The molecule has 0 heterocycles. The first kappa shape index (κ1) is 11.4. The number of rotatable bonds is 4. The fraction of sp³-hybridized carbons (Fsp3) is 0.571. The van der Waals surface area contributed by atoms with Crippen molar-refractivity contribution < 1.29 is 29.0 Å². The van der Waals surface area contributed by atoms with Crippen LogP contribution in [0.2, 0.25) is 0 Å². The zero-order valence-electron chi connectivity index (χ0n) is 7.27. The number of carbonyl (C=O) groups excluding carboxylic acids is 2. The number of aliphatic carboxylic acids is 1. The van der Waals surface area contributed by atoms with Gasteiger partial charge in [-0.1, -0.05) is 0 Å². The molecule has 0 aliphatic heterocycles. The summed E-state index contributed by atoms with van der Waals surface area (Å²) >= 11 is 0. The van der Waals surface area contributed by atoms with E-state index in [9.17, 15) is 14.4 Å². The molecule has 74 valence electrons. The number of hydrogen-bond acceptors (Lipinski definition) is 5. The average Bonchev–Trinajstić information content (AvgIpc) is 1.99. The summed E-state index contributed by atoms with van der Waals surface area (Å²) in [5.41, 5.74) is 0. The van der Waals surface area contributed by atoms with Crippen LogP contribution in [0.5, 0.6) is 0 Å². The lowest BCUT2D eigenvalue weighted by Crippen LogP contribution is -2.35. The fourth-order valence-corrected chi connectivity index (χ4v) is 0.583. The van der Waals surface area contributed by atoms with Gasteiger partial charge in [-0.25, -0.2) is 9.59 Å². The second-order valence-electron chi connectivity index (χ2n) is 2.08. The molecule has 0 amide bonds. The van der Waals surface area contributed by atoms with Crippen molar-refractivity contribution in [3.63, 3.8) is 0 Å². The Morgan fingerprint density at radius 1 is 1.38 bits per heavy atom. The van der Waals surface area contributed by atoms with Gasteiger partial charge in [0, 0.05) is 6.92 Å². The predicted octanol–water partition coefficient (Wildman–Crippen LogP) is -0.434. The number of esters is 2. The number of carboxylic acids is 1.